The SMILES string of the molecule is CC(C)Cc1ccccc1-n1ccnc1-c1[c-]cc2ccccc2c1.[Pt]. The van der Waals surface area contributed by atoms with E-state index in [1.54, 1.807) is 0 Å². The van der Waals surface area contributed by atoms with Crippen LogP contribution in [0.3, 0.4) is 0 Å². The van der Waals surface area contributed by atoms with Crippen molar-refractivity contribution in [3.63, 3.8) is 0 Å². The summed E-state index contributed by atoms with van der Waals surface area (Å²) >= 11 is 0. The van der Waals surface area contributed by atoms with E-state index >= 15 is 0 Å². The molecule has 0 saturated carbocycles. The number of fused-ring (bicyclic) bond motifs is 1. The monoisotopic (exact) mass is 520 g/mol. The number of rotatable bonds is 4. The van der Waals surface area contributed by atoms with Crippen LogP contribution in [0.15, 0.2) is 73.1 Å². The van der Waals surface area contributed by atoms with Gasteiger partial charge >= 0.3 is 0 Å². The normalized spacial score (nSPS) is 10.9. The second-order valence-corrected chi connectivity index (χ2v) is 6.82. The Balaban J connectivity index is 0.00000196. The fourth-order valence-electron chi connectivity index (χ4n) is 3.31. The van der Waals surface area contributed by atoms with Gasteiger partial charge in [-0.1, -0.05) is 61.7 Å². The second-order valence-electron chi connectivity index (χ2n) is 6.82. The molecule has 1 aromatic heterocycles. The van der Waals surface area contributed by atoms with Crippen molar-refractivity contribution in [2.24, 2.45) is 5.92 Å². The van der Waals surface area contributed by atoms with Crippen molar-refractivity contribution < 1.29 is 21.1 Å². The van der Waals surface area contributed by atoms with Crippen LogP contribution >= 0.6 is 0 Å². The van der Waals surface area contributed by atoms with E-state index in [-0.39, 0.29) is 21.1 Å². The number of benzene rings is 3. The number of para-hydroxylation sites is 1. The maximum atomic E-state index is 4.62. The molecule has 0 N–H and O–H groups in total. The molecule has 134 valence electrons. The van der Waals surface area contributed by atoms with Gasteiger partial charge in [0.1, 0.15) is 0 Å². The minimum absolute atomic E-state index is 0. The van der Waals surface area contributed by atoms with Gasteiger partial charge in [-0.05, 0) is 24.0 Å². The fraction of sp³-hybridized carbons (Fsp3) is 0.174. The maximum absolute atomic E-state index is 4.62. The summed E-state index contributed by atoms with van der Waals surface area (Å²) in [6.07, 6.45) is 4.96. The van der Waals surface area contributed by atoms with Crippen molar-refractivity contribution in [1.29, 1.82) is 0 Å². The van der Waals surface area contributed by atoms with Gasteiger partial charge in [0.2, 0.25) is 0 Å². The summed E-state index contributed by atoms with van der Waals surface area (Å²) in [5, 5.41) is 2.41. The smallest absolute Gasteiger partial charge is 0.0603 e. The first kappa shape index (κ1) is 18.6. The van der Waals surface area contributed by atoms with Crippen molar-refractivity contribution >= 4 is 10.8 Å². The van der Waals surface area contributed by atoms with Crippen LogP contribution in [-0.2, 0) is 27.5 Å². The van der Waals surface area contributed by atoms with E-state index in [1.165, 1.54) is 22.0 Å². The average Bonchev–Trinajstić information content (AvgIpc) is 3.11. The number of nitrogens with zero attached hydrogens (tertiary/aromatic N) is 2. The van der Waals surface area contributed by atoms with Crippen LogP contribution < -0.4 is 0 Å². The van der Waals surface area contributed by atoms with E-state index in [9.17, 15) is 0 Å². The third kappa shape index (κ3) is 3.66. The first-order valence-electron chi connectivity index (χ1n) is 8.75. The van der Waals surface area contributed by atoms with E-state index < -0.39 is 0 Å². The standard InChI is InChI=1S/C23H21N2.Pt/c1-17(2)15-20-9-5-6-10-22(20)25-14-13-24-23(25)21-12-11-18-7-3-4-8-19(18)16-21;/h3-11,13-14,16-17H,15H2,1-2H3;/q-1;. The van der Waals surface area contributed by atoms with E-state index in [2.05, 4.69) is 84.1 Å². The molecule has 0 unspecified atom stereocenters. The molecule has 0 fully saturated rings. The van der Waals surface area contributed by atoms with Crippen LogP contribution in [0.4, 0.5) is 0 Å². The molecular weight excluding hydrogens is 499 g/mol. The molecule has 1 heterocycles. The Bertz CT molecular complexity index is 1020. The number of aromatic nitrogens is 2. The van der Waals surface area contributed by atoms with Crippen molar-refractivity contribution in [3.05, 3.63) is 84.7 Å². The van der Waals surface area contributed by atoms with Crippen LogP contribution in [0, 0.1) is 12.0 Å². The van der Waals surface area contributed by atoms with Gasteiger partial charge in [-0.3, -0.25) is 4.98 Å². The van der Waals surface area contributed by atoms with Crippen LogP contribution in [0.1, 0.15) is 19.4 Å². The van der Waals surface area contributed by atoms with Crippen LogP contribution in [-0.4, -0.2) is 9.55 Å². The predicted molar refractivity (Wildman–Crippen MR) is 104 cm³/mol. The Hall–Kier alpha value is -2.18. The van der Waals surface area contributed by atoms with Gasteiger partial charge in [0, 0.05) is 39.1 Å². The predicted octanol–water partition coefficient (Wildman–Crippen LogP) is 5.69. The van der Waals surface area contributed by atoms with Gasteiger partial charge in [-0.25, -0.2) is 0 Å². The first-order valence-corrected chi connectivity index (χ1v) is 8.75. The topological polar surface area (TPSA) is 17.8 Å². The second kappa shape index (κ2) is 8.01. The maximum Gasteiger partial charge on any atom is 0.0603 e. The minimum atomic E-state index is 0. The van der Waals surface area contributed by atoms with Crippen molar-refractivity contribution in [1.82, 2.24) is 9.55 Å². The zero-order valence-corrected chi connectivity index (χ0v) is 17.2. The molecule has 4 rings (SSSR count). The third-order valence-electron chi connectivity index (χ3n) is 4.44. The van der Waals surface area contributed by atoms with Gasteiger partial charge < -0.3 is 4.57 Å². The molecule has 3 heteroatoms. The largest absolute Gasteiger partial charge is 0.340 e. The van der Waals surface area contributed by atoms with Crippen molar-refractivity contribution in [2.75, 3.05) is 0 Å². The molecule has 0 spiro atoms. The summed E-state index contributed by atoms with van der Waals surface area (Å²) in [4.78, 5) is 4.62. The quantitative estimate of drug-likeness (QED) is 0.316. The van der Waals surface area contributed by atoms with Gasteiger partial charge in [-0.15, -0.1) is 29.1 Å². The fourth-order valence-corrected chi connectivity index (χ4v) is 3.31. The summed E-state index contributed by atoms with van der Waals surface area (Å²) in [6.45, 7) is 4.51. The van der Waals surface area contributed by atoms with Crippen LogP contribution in [0.2, 0.25) is 0 Å². The first-order chi connectivity index (χ1) is 12.2. The zero-order valence-electron chi connectivity index (χ0n) is 14.9. The molecule has 3 aromatic carbocycles. The van der Waals surface area contributed by atoms with Crippen molar-refractivity contribution in [3.8, 4) is 17.1 Å². The Morgan fingerprint density at radius 2 is 1.73 bits per heavy atom. The molecule has 0 aliphatic rings. The van der Waals surface area contributed by atoms with Crippen molar-refractivity contribution in [2.45, 2.75) is 20.3 Å². The summed E-state index contributed by atoms with van der Waals surface area (Å²) in [5.74, 6) is 1.54. The molecule has 0 atom stereocenters. The Labute approximate surface area is 169 Å². The van der Waals surface area contributed by atoms with Gasteiger partial charge in [0.15, 0.2) is 0 Å². The average molecular weight is 521 g/mol. The molecule has 0 bridgehead atoms. The van der Waals surface area contributed by atoms with Crippen LogP contribution in [0.5, 0.6) is 0 Å². The third-order valence-corrected chi connectivity index (χ3v) is 4.44. The Kier molecular flexibility index (Phi) is 5.73. The Morgan fingerprint density at radius 3 is 2.54 bits per heavy atom. The summed E-state index contributed by atoms with van der Waals surface area (Å²) in [5.41, 5.74) is 3.56. The number of hydrogen-bond acceptors (Lipinski definition) is 1. The van der Waals surface area contributed by atoms with E-state index in [1.807, 2.05) is 18.5 Å². The van der Waals surface area contributed by atoms with E-state index in [0.29, 0.717) is 5.92 Å². The molecule has 0 radical (unpaired) electrons. The Morgan fingerprint density at radius 1 is 1.00 bits per heavy atom. The van der Waals surface area contributed by atoms with Gasteiger partial charge in [0.25, 0.3) is 0 Å². The molecule has 0 aliphatic heterocycles. The molecular formula is C23H21N2Pt-. The zero-order chi connectivity index (χ0) is 17.2. The molecule has 0 aliphatic carbocycles. The molecule has 26 heavy (non-hydrogen) atoms. The van der Waals surface area contributed by atoms with Gasteiger partial charge in [0.05, 0.1) is 5.82 Å². The number of imidazole rings is 1. The minimum Gasteiger partial charge on any atom is -0.340 e. The summed E-state index contributed by atoms with van der Waals surface area (Å²) in [6, 6.07) is 24.6. The molecule has 0 amide bonds. The summed E-state index contributed by atoms with van der Waals surface area (Å²) < 4.78 is 2.18. The number of hydrogen-bond donors (Lipinski definition) is 0. The molecule has 4 aromatic rings. The molecule has 2 nitrogen and oxygen atoms in total. The molecule has 0 saturated heterocycles. The van der Waals surface area contributed by atoms with Gasteiger partial charge in [-0.2, -0.15) is 0 Å². The van der Waals surface area contributed by atoms with E-state index in [4.69, 9.17) is 0 Å². The summed E-state index contributed by atoms with van der Waals surface area (Å²) in [7, 11) is 0. The van der Waals surface area contributed by atoms with Crippen LogP contribution in [0.25, 0.3) is 27.8 Å². The van der Waals surface area contributed by atoms with E-state index in [0.717, 1.165) is 17.8 Å².